The predicted octanol–water partition coefficient (Wildman–Crippen LogP) is 2.96. The number of furan rings is 1. The molecule has 1 aliphatic heterocycles. The van der Waals surface area contributed by atoms with Crippen LogP contribution < -0.4 is 15.4 Å². The lowest BCUT2D eigenvalue weighted by atomic mass is 10.1. The lowest BCUT2D eigenvalue weighted by Crippen LogP contribution is -2.42. The molecule has 0 fully saturated rings. The van der Waals surface area contributed by atoms with Crippen LogP contribution in [-0.2, 0) is 13.0 Å². The van der Waals surface area contributed by atoms with Crippen LogP contribution in [0.4, 0.5) is 0 Å². The summed E-state index contributed by atoms with van der Waals surface area (Å²) >= 11 is 0. The maximum atomic E-state index is 5.92. The van der Waals surface area contributed by atoms with Gasteiger partial charge in [-0.1, -0.05) is 18.2 Å². The number of halogens is 1. The van der Waals surface area contributed by atoms with Gasteiger partial charge in [0, 0.05) is 13.0 Å². The highest BCUT2D eigenvalue weighted by atomic mass is 127. The maximum absolute atomic E-state index is 5.92. The summed E-state index contributed by atoms with van der Waals surface area (Å²) in [6.45, 7) is 4.11. The second kappa shape index (κ2) is 8.81. The van der Waals surface area contributed by atoms with E-state index in [0.29, 0.717) is 6.54 Å². The van der Waals surface area contributed by atoms with Crippen molar-refractivity contribution in [2.24, 2.45) is 4.99 Å². The fraction of sp³-hybridized carbons (Fsp3) is 0.353. The van der Waals surface area contributed by atoms with Gasteiger partial charge in [0.05, 0.1) is 12.8 Å². The number of fused-ring (bicyclic) bond motifs is 1. The molecule has 0 spiro atoms. The van der Waals surface area contributed by atoms with E-state index in [0.717, 1.165) is 37.0 Å². The summed E-state index contributed by atoms with van der Waals surface area (Å²) < 4.78 is 11.2. The van der Waals surface area contributed by atoms with Crippen molar-refractivity contribution in [1.29, 1.82) is 0 Å². The summed E-state index contributed by atoms with van der Waals surface area (Å²) in [6.07, 6.45) is 2.74. The van der Waals surface area contributed by atoms with Gasteiger partial charge in [0.25, 0.3) is 0 Å². The van der Waals surface area contributed by atoms with Crippen molar-refractivity contribution >= 4 is 29.9 Å². The normalized spacial score (nSPS) is 16.2. The highest BCUT2D eigenvalue weighted by Gasteiger charge is 2.22. The van der Waals surface area contributed by atoms with Gasteiger partial charge in [-0.15, -0.1) is 24.0 Å². The van der Waals surface area contributed by atoms with Gasteiger partial charge in [0.2, 0.25) is 0 Å². The number of nitrogens with zero attached hydrogens (tertiary/aromatic N) is 1. The molecule has 2 heterocycles. The Bertz CT molecular complexity index is 604. The van der Waals surface area contributed by atoms with E-state index >= 15 is 0 Å². The first-order valence-corrected chi connectivity index (χ1v) is 7.64. The lowest BCUT2D eigenvalue weighted by Gasteiger charge is -2.15. The first-order chi connectivity index (χ1) is 10.8. The van der Waals surface area contributed by atoms with E-state index in [9.17, 15) is 0 Å². The van der Waals surface area contributed by atoms with Gasteiger partial charge >= 0.3 is 0 Å². The van der Waals surface area contributed by atoms with Crippen LogP contribution in [0, 0.1) is 0 Å². The Morgan fingerprint density at radius 2 is 2.09 bits per heavy atom. The van der Waals surface area contributed by atoms with Crippen LogP contribution in [0.1, 0.15) is 18.2 Å². The van der Waals surface area contributed by atoms with Crippen molar-refractivity contribution in [3.05, 3.63) is 54.0 Å². The van der Waals surface area contributed by atoms with Crippen LogP contribution in [0.15, 0.2) is 52.1 Å². The Balaban J connectivity index is 0.00000192. The summed E-state index contributed by atoms with van der Waals surface area (Å²) in [5, 5.41) is 6.56. The SMILES string of the molecule is CCNC(=NCc1ccco1)NCC1Cc2ccccc2O1.I. The van der Waals surface area contributed by atoms with Gasteiger partial charge in [-0.2, -0.15) is 0 Å². The molecule has 3 rings (SSSR count). The Morgan fingerprint density at radius 1 is 1.22 bits per heavy atom. The smallest absolute Gasteiger partial charge is 0.191 e. The van der Waals surface area contributed by atoms with E-state index in [2.05, 4.69) is 21.7 Å². The lowest BCUT2D eigenvalue weighted by molar-refractivity contribution is 0.235. The summed E-state index contributed by atoms with van der Waals surface area (Å²) in [5.74, 6) is 2.62. The minimum atomic E-state index is 0. The van der Waals surface area contributed by atoms with E-state index in [1.54, 1.807) is 6.26 Å². The molecule has 23 heavy (non-hydrogen) atoms. The van der Waals surface area contributed by atoms with Crippen molar-refractivity contribution in [3.63, 3.8) is 0 Å². The highest BCUT2D eigenvalue weighted by molar-refractivity contribution is 14.0. The number of para-hydroxylation sites is 1. The van der Waals surface area contributed by atoms with E-state index in [1.165, 1.54) is 5.56 Å². The number of guanidine groups is 1. The number of hydrogen-bond donors (Lipinski definition) is 2. The Morgan fingerprint density at radius 3 is 2.83 bits per heavy atom. The van der Waals surface area contributed by atoms with E-state index in [-0.39, 0.29) is 30.1 Å². The molecule has 0 radical (unpaired) electrons. The molecule has 1 atom stereocenters. The molecule has 0 amide bonds. The van der Waals surface area contributed by atoms with Gasteiger partial charge in [-0.25, -0.2) is 4.99 Å². The second-order valence-electron chi connectivity index (χ2n) is 5.21. The standard InChI is InChI=1S/C17H21N3O2.HI/c1-2-18-17(19-11-14-7-5-9-21-14)20-12-15-10-13-6-3-4-8-16(13)22-15;/h3-9,15H,2,10-12H2,1H3,(H2,18,19,20);1H. The number of aliphatic imine (C=N–C) groups is 1. The van der Waals surface area contributed by atoms with Crippen LogP contribution in [0.25, 0.3) is 0 Å². The van der Waals surface area contributed by atoms with E-state index < -0.39 is 0 Å². The van der Waals surface area contributed by atoms with Crippen molar-refractivity contribution in [2.75, 3.05) is 13.1 Å². The molecule has 1 unspecified atom stereocenters. The van der Waals surface area contributed by atoms with Gasteiger partial charge in [0.15, 0.2) is 5.96 Å². The van der Waals surface area contributed by atoms with E-state index in [1.807, 2.05) is 37.3 Å². The number of hydrogen-bond acceptors (Lipinski definition) is 3. The van der Waals surface area contributed by atoms with Gasteiger partial charge < -0.3 is 19.8 Å². The topological polar surface area (TPSA) is 58.8 Å². The third kappa shape index (κ3) is 4.89. The van der Waals surface area contributed by atoms with Crippen LogP contribution in [0.3, 0.4) is 0 Å². The highest BCUT2D eigenvalue weighted by Crippen LogP contribution is 2.27. The molecular weight excluding hydrogens is 405 g/mol. The molecule has 124 valence electrons. The van der Waals surface area contributed by atoms with Crippen LogP contribution >= 0.6 is 24.0 Å². The zero-order valence-electron chi connectivity index (χ0n) is 13.1. The molecule has 2 N–H and O–H groups in total. The zero-order valence-corrected chi connectivity index (χ0v) is 15.4. The van der Waals surface area contributed by atoms with Crippen molar-refractivity contribution in [1.82, 2.24) is 10.6 Å². The average Bonchev–Trinajstić information content (AvgIpc) is 3.18. The van der Waals surface area contributed by atoms with Gasteiger partial charge in [-0.05, 0) is 30.7 Å². The minimum Gasteiger partial charge on any atom is -0.488 e. The second-order valence-corrected chi connectivity index (χ2v) is 5.21. The number of nitrogens with one attached hydrogen (secondary N) is 2. The summed E-state index contributed by atoms with van der Waals surface area (Å²) in [5.41, 5.74) is 1.27. The number of ether oxygens (including phenoxy) is 1. The predicted molar refractivity (Wildman–Crippen MR) is 102 cm³/mol. The minimum absolute atomic E-state index is 0. The maximum Gasteiger partial charge on any atom is 0.191 e. The first kappa shape index (κ1) is 17.7. The quantitative estimate of drug-likeness (QED) is 0.438. The molecule has 0 saturated heterocycles. The molecule has 1 aromatic carbocycles. The van der Waals surface area contributed by atoms with Crippen molar-refractivity contribution in [2.45, 2.75) is 26.0 Å². The molecule has 0 saturated carbocycles. The van der Waals surface area contributed by atoms with Crippen molar-refractivity contribution < 1.29 is 9.15 Å². The van der Waals surface area contributed by atoms with Crippen molar-refractivity contribution in [3.8, 4) is 5.75 Å². The Hall–Kier alpha value is -1.70. The Kier molecular flexibility index (Phi) is 6.76. The molecule has 1 aliphatic rings. The van der Waals surface area contributed by atoms with Gasteiger partial charge in [0.1, 0.15) is 24.2 Å². The summed E-state index contributed by atoms with van der Waals surface area (Å²) in [6, 6.07) is 12.0. The monoisotopic (exact) mass is 427 g/mol. The fourth-order valence-electron chi connectivity index (χ4n) is 2.48. The molecule has 2 aromatic rings. The van der Waals surface area contributed by atoms with Crippen LogP contribution in [0.5, 0.6) is 5.75 Å². The third-order valence-corrected chi connectivity index (χ3v) is 3.53. The molecule has 1 aromatic heterocycles. The first-order valence-electron chi connectivity index (χ1n) is 7.64. The fourth-order valence-corrected chi connectivity index (χ4v) is 2.48. The molecule has 6 heteroatoms. The van der Waals surface area contributed by atoms with Gasteiger partial charge in [-0.3, -0.25) is 0 Å². The summed E-state index contributed by atoms with van der Waals surface area (Å²) in [7, 11) is 0. The number of rotatable bonds is 5. The number of benzene rings is 1. The Labute approximate surface area is 153 Å². The van der Waals surface area contributed by atoms with E-state index in [4.69, 9.17) is 9.15 Å². The molecule has 0 aliphatic carbocycles. The third-order valence-electron chi connectivity index (χ3n) is 3.53. The van der Waals surface area contributed by atoms with Crippen LogP contribution in [0.2, 0.25) is 0 Å². The average molecular weight is 427 g/mol. The molecule has 0 bridgehead atoms. The van der Waals surface area contributed by atoms with Crippen LogP contribution in [-0.4, -0.2) is 25.2 Å². The molecule has 5 nitrogen and oxygen atoms in total. The largest absolute Gasteiger partial charge is 0.488 e. The summed E-state index contributed by atoms with van der Waals surface area (Å²) in [4.78, 5) is 4.51. The molecular formula is C17H22IN3O2. The zero-order chi connectivity index (χ0) is 15.2.